The summed E-state index contributed by atoms with van der Waals surface area (Å²) in [6, 6.07) is -1.14. The molecule has 17 heavy (non-hydrogen) atoms. The van der Waals surface area contributed by atoms with Crippen molar-refractivity contribution in [3.8, 4) is 0 Å². The van der Waals surface area contributed by atoms with Gasteiger partial charge in [0.15, 0.2) is 5.89 Å². The van der Waals surface area contributed by atoms with Crippen LogP contribution in [0.5, 0.6) is 0 Å². The molecule has 1 amide bonds. The van der Waals surface area contributed by atoms with Gasteiger partial charge in [0.2, 0.25) is 5.76 Å². The van der Waals surface area contributed by atoms with Crippen LogP contribution in [0.4, 0.5) is 0 Å². The fourth-order valence-corrected chi connectivity index (χ4v) is 1.35. The smallest absolute Gasteiger partial charge is 0.326 e. The quantitative estimate of drug-likeness (QED) is 0.662. The van der Waals surface area contributed by atoms with Gasteiger partial charge in [-0.3, -0.25) is 4.79 Å². The summed E-state index contributed by atoms with van der Waals surface area (Å²) in [6.07, 6.45) is -0.0623. The van der Waals surface area contributed by atoms with Crippen LogP contribution in [0.2, 0.25) is 0 Å². The number of aliphatic hydroxyl groups excluding tert-OH is 1. The van der Waals surface area contributed by atoms with Crippen LogP contribution >= 0.6 is 0 Å². The number of aryl methyl sites for hydroxylation is 2. The minimum absolute atomic E-state index is 0.00769. The molecule has 0 saturated heterocycles. The van der Waals surface area contributed by atoms with Crippen molar-refractivity contribution in [2.24, 2.45) is 0 Å². The van der Waals surface area contributed by atoms with Crippen LogP contribution in [0.1, 0.15) is 28.6 Å². The molecular formula is C10H14N2O5. The molecule has 0 aromatic carbocycles. The summed E-state index contributed by atoms with van der Waals surface area (Å²) in [7, 11) is 0. The molecule has 0 spiro atoms. The van der Waals surface area contributed by atoms with E-state index in [0.717, 1.165) is 0 Å². The Hall–Kier alpha value is -1.89. The van der Waals surface area contributed by atoms with Gasteiger partial charge < -0.3 is 19.9 Å². The predicted molar refractivity (Wildman–Crippen MR) is 56.6 cm³/mol. The van der Waals surface area contributed by atoms with Gasteiger partial charge in [0, 0.05) is 20.0 Å². The monoisotopic (exact) mass is 242 g/mol. The first-order valence-corrected chi connectivity index (χ1v) is 5.04. The average Bonchev–Trinajstić information content (AvgIpc) is 2.57. The summed E-state index contributed by atoms with van der Waals surface area (Å²) in [4.78, 5) is 26.4. The fourth-order valence-electron chi connectivity index (χ4n) is 1.35. The Morgan fingerprint density at radius 3 is 2.53 bits per heavy atom. The van der Waals surface area contributed by atoms with Gasteiger partial charge in [0.05, 0.1) is 5.69 Å². The number of rotatable bonds is 5. The van der Waals surface area contributed by atoms with Gasteiger partial charge in [-0.1, -0.05) is 0 Å². The zero-order valence-electron chi connectivity index (χ0n) is 9.56. The van der Waals surface area contributed by atoms with Crippen molar-refractivity contribution in [1.29, 1.82) is 0 Å². The van der Waals surface area contributed by atoms with Gasteiger partial charge in [0.25, 0.3) is 5.91 Å². The van der Waals surface area contributed by atoms with E-state index in [4.69, 9.17) is 14.6 Å². The number of aliphatic carboxylic acids is 1. The normalized spacial score (nSPS) is 12.2. The molecule has 1 atom stereocenters. The van der Waals surface area contributed by atoms with E-state index in [-0.39, 0.29) is 18.8 Å². The van der Waals surface area contributed by atoms with Crippen molar-refractivity contribution >= 4 is 11.9 Å². The van der Waals surface area contributed by atoms with E-state index in [9.17, 15) is 9.59 Å². The second-order valence-electron chi connectivity index (χ2n) is 3.52. The number of carboxylic acid groups (broad SMARTS) is 1. The Bertz CT molecular complexity index is 426. The van der Waals surface area contributed by atoms with Crippen molar-refractivity contribution in [2.45, 2.75) is 26.3 Å². The molecule has 94 valence electrons. The van der Waals surface area contributed by atoms with E-state index in [1.54, 1.807) is 13.8 Å². The minimum atomic E-state index is -1.21. The van der Waals surface area contributed by atoms with E-state index in [1.807, 2.05) is 0 Å². The number of hydrogen-bond acceptors (Lipinski definition) is 5. The molecular weight excluding hydrogens is 228 g/mol. The molecule has 0 radical (unpaired) electrons. The van der Waals surface area contributed by atoms with E-state index in [2.05, 4.69) is 10.3 Å². The Labute approximate surface area is 97.5 Å². The van der Waals surface area contributed by atoms with Crippen LogP contribution in [0.3, 0.4) is 0 Å². The van der Waals surface area contributed by atoms with Gasteiger partial charge in [-0.25, -0.2) is 9.78 Å². The predicted octanol–water partition coefficient (Wildman–Crippen LogP) is -0.143. The standard InChI is InChI=1S/C10H14N2O5/c1-5-8(17-6(2)11-5)9(14)12-7(3-4-13)10(15)16/h7,13H,3-4H2,1-2H3,(H,12,14)(H,15,16). The third kappa shape index (κ3) is 3.28. The Kier molecular flexibility index (Phi) is 4.22. The SMILES string of the molecule is Cc1nc(C)c(C(=O)NC(CCO)C(=O)O)o1. The molecule has 1 unspecified atom stereocenters. The molecule has 7 nitrogen and oxygen atoms in total. The molecule has 0 saturated carbocycles. The second kappa shape index (κ2) is 5.44. The molecule has 7 heteroatoms. The molecule has 0 bridgehead atoms. The van der Waals surface area contributed by atoms with Gasteiger partial charge in [-0.05, 0) is 6.92 Å². The van der Waals surface area contributed by atoms with Crippen molar-refractivity contribution < 1.29 is 24.2 Å². The lowest BCUT2D eigenvalue weighted by molar-refractivity contribution is -0.139. The topological polar surface area (TPSA) is 113 Å². The summed E-state index contributed by atoms with van der Waals surface area (Å²) >= 11 is 0. The van der Waals surface area contributed by atoms with Crippen LogP contribution in [-0.4, -0.2) is 39.7 Å². The number of carbonyl (C=O) groups excluding carboxylic acids is 1. The first-order valence-electron chi connectivity index (χ1n) is 5.04. The minimum Gasteiger partial charge on any atom is -0.480 e. The molecule has 1 rings (SSSR count). The number of oxazole rings is 1. The lowest BCUT2D eigenvalue weighted by Crippen LogP contribution is -2.41. The highest BCUT2D eigenvalue weighted by atomic mass is 16.4. The van der Waals surface area contributed by atoms with Gasteiger partial charge >= 0.3 is 5.97 Å². The van der Waals surface area contributed by atoms with E-state index < -0.39 is 17.9 Å². The van der Waals surface area contributed by atoms with E-state index in [0.29, 0.717) is 11.6 Å². The summed E-state index contributed by atoms with van der Waals surface area (Å²) < 4.78 is 5.06. The molecule has 1 aromatic heterocycles. The second-order valence-corrected chi connectivity index (χ2v) is 3.52. The van der Waals surface area contributed by atoms with Crippen LogP contribution < -0.4 is 5.32 Å². The van der Waals surface area contributed by atoms with Gasteiger partial charge in [-0.15, -0.1) is 0 Å². The molecule has 1 aromatic rings. The number of aliphatic hydroxyl groups is 1. The number of nitrogens with zero attached hydrogens (tertiary/aromatic N) is 1. The fraction of sp³-hybridized carbons (Fsp3) is 0.500. The highest BCUT2D eigenvalue weighted by Crippen LogP contribution is 2.09. The molecule has 0 fully saturated rings. The summed E-state index contributed by atoms with van der Waals surface area (Å²) in [5.41, 5.74) is 0.396. The van der Waals surface area contributed by atoms with Crippen LogP contribution in [-0.2, 0) is 4.79 Å². The zero-order valence-corrected chi connectivity index (χ0v) is 9.56. The van der Waals surface area contributed by atoms with Crippen molar-refractivity contribution in [3.63, 3.8) is 0 Å². The number of carbonyl (C=O) groups is 2. The van der Waals surface area contributed by atoms with Crippen molar-refractivity contribution in [2.75, 3.05) is 6.61 Å². The number of carboxylic acids is 1. The zero-order chi connectivity index (χ0) is 13.0. The maximum absolute atomic E-state index is 11.7. The number of aromatic nitrogens is 1. The van der Waals surface area contributed by atoms with E-state index in [1.165, 1.54) is 0 Å². The highest BCUT2D eigenvalue weighted by molar-refractivity contribution is 5.95. The van der Waals surface area contributed by atoms with Gasteiger partial charge in [0.1, 0.15) is 6.04 Å². The summed E-state index contributed by atoms with van der Waals surface area (Å²) in [6.45, 7) is 2.85. The summed E-state index contributed by atoms with van der Waals surface area (Å²) in [5, 5.41) is 19.7. The first kappa shape index (κ1) is 13.2. The maximum atomic E-state index is 11.7. The number of hydrogen-bond donors (Lipinski definition) is 3. The molecule has 1 heterocycles. The van der Waals surface area contributed by atoms with Crippen LogP contribution in [0, 0.1) is 13.8 Å². The largest absolute Gasteiger partial charge is 0.480 e. The maximum Gasteiger partial charge on any atom is 0.326 e. The third-order valence-electron chi connectivity index (χ3n) is 2.13. The molecule has 0 aliphatic carbocycles. The van der Waals surface area contributed by atoms with Crippen molar-refractivity contribution in [3.05, 3.63) is 17.3 Å². The van der Waals surface area contributed by atoms with Crippen LogP contribution in [0.15, 0.2) is 4.42 Å². The number of amides is 1. The first-order chi connectivity index (χ1) is 7.95. The third-order valence-corrected chi connectivity index (χ3v) is 2.13. The molecule has 3 N–H and O–H groups in total. The molecule has 0 aliphatic heterocycles. The van der Waals surface area contributed by atoms with Crippen molar-refractivity contribution in [1.82, 2.24) is 10.3 Å². The average molecular weight is 242 g/mol. The number of nitrogens with one attached hydrogen (secondary N) is 1. The Balaban J connectivity index is 2.77. The van der Waals surface area contributed by atoms with E-state index >= 15 is 0 Å². The summed E-state index contributed by atoms with van der Waals surface area (Å²) in [5.74, 6) is -1.53. The lowest BCUT2D eigenvalue weighted by atomic mass is 10.2. The highest BCUT2D eigenvalue weighted by Gasteiger charge is 2.23. The lowest BCUT2D eigenvalue weighted by Gasteiger charge is -2.11. The molecule has 0 aliphatic rings. The Morgan fingerprint density at radius 1 is 1.47 bits per heavy atom. The van der Waals surface area contributed by atoms with Gasteiger partial charge in [-0.2, -0.15) is 0 Å². The van der Waals surface area contributed by atoms with Crippen LogP contribution in [0.25, 0.3) is 0 Å². The Morgan fingerprint density at radius 2 is 2.12 bits per heavy atom.